The van der Waals surface area contributed by atoms with Crippen molar-refractivity contribution < 1.29 is 8.42 Å². The molecule has 0 spiro atoms. The van der Waals surface area contributed by atoms with E-state index in [4.69, 9.17) is 23.2 Å². The molecule has 0 saturated carbocycles. The minimum absolute atomic E-state index is 0.0105. The lowest BCUT2D eigenvalue weighted by Gasteiger charge is -2.23. The van der Waals surface area contributed by atoms with Crippen LogP contribution in [0.3, 0.4) is 0 Å². The fourth-order valence-corrected chi connectivity index (χ4v) is 4.28. The summed E-state index contributed by atoms with van der Waals surface area (Å²) in [6.45, 7) is 2.67. The summed E-state index contributed by atoms with van der Waals surface area (Å²) in [7, 11) is -3.48. The van der Waals surface area contributed by atoms with Crippen molar-refractivity contribution in [3.8, 4) is 0 Å². The van der Waals surface area contributed by atoms with E-state index < -0.39 is 10.0 Å². The van der Waals surface area contributed by atoms with E-state index in [9.17, 15) is 8.42 Å². The van der Waals surface area contributed by atoms with Crippen LogP contribution in [-0.2, 0) is 10.0 Å². The second-order valence-electron chi connectivity index (χ2n) is 5.08. The molecule has 1 aliphatic heterocycles. The van der Waals surface area contributed by atoms with Crippen LogP contribution in [0, 0.1) is 6.92 Å². The highest BCUT2D eigenvalue weighted by Gasteiger charge is 2.22. The third kappa shape index (κ3) is 4.01. The number of sulfonamides is 1. The average molecular weight is 337 g/mol. The Balaban J connectivity index is 2.14. The molecule has 112 valence electrons. The summed E-state index contributed by atoms with van der Waals surface area (Å²) >= 11 is 12.1. The highest BCUT2D eigenvalue weighted by atomic mass is 35.5. The second-order valence-corrected chi connectivity index (χ2v) is 7.64. The fourth-order valence-electron chi connectivity index (χ4n) is 2.28. The van der Waals surface area contributed by atoms with E-state index >= 15 is 0 Å². The van der Waals surface area contributed by atoms with Crippen LogP contribution < -0.4 is 10.0 Å². The average Bonchev–Trinajstić information content (AvgIpc) is 2.40. The molecule has 0 radical (unpaired) electrons. The van der Waals surface area contributed by atoms with Gasteiger partial charge in [-0.3, -0.25) is 4.72 Å². The molecule has 1 fully saturated rings. The minimum atomic E-state index is -3.48. The van der Waals surface area contributed by atoms with Gasteiger partial charge in [-0.25, -0.2) is 8.42 Å². The first-order chi connectivity index (χ1) is 9.39. The number of aryl methyl sites for hydroxylation is 1. The smallest absolute Gasteiger partial charge is 0.234 e. The predicted octanol–water partition coefficient (Wildman–Crippen LogP) is 3.19. The van der Waals surface area contributed by atoms with Gasteiger partial charge in [-0.2, -0.15) is 0 Å². The molecular weight excluding hydrogens is 319 g/mol. The van der Waals surface area contributed by atoms with Crippen LogP contribution in [0.5, 0.6) is 0 Å². The van der Waals surface area contributed by atoms with Crippen LogP contribution >= 0.6 is 23.2 Å². The van der Waals surface area contributed by atoms with Gasteiger partial charge in [-0.05, 0) is 37.9 Å². The van der Waals surface area contributed by atoms with Crippen molar-refractivity contribution in [1.29, 1.82) is 0 Å². The molecule has 0 aromatic heterocycles. The van der Waals surface area contributed by atoms with Crippen molar-refractivity contribution in [3.05, 3.63) is 27.7 Å². The maximum Gasteiger partial charge on any atom is 0.234 e. The Hall–Kier alpha value is -0.490. The largest absolute Gasteiger partial charge is 0.313 e. The molecule has 1 aliphatic rings. The van der Waals surface area contributed by atoms with Crippen LogP contribution in [0.1, 0.15) is 24.8 Å². The lowest BCUT2D eigenvalue weighted by Crippen LogP contribution is -2.40. The number of anilines is 1. The van der Waals surface area contributed by atoms with Gasteiger partial charge in [0.15, 0.2) is 0 Å². The quantitative estimate of drug-likeness (QED) is 0.887. The Morgan fingerprint density at radius 3 is 2.75 bits per heavy atom. The van der Waals surface area contributed by atoms with Gasteiger partial charge in [0, 0.05) is 6.04 Å². The van der Waals surface area contributed by atoms with Crippen molar-refractivity contribution in [3.63, 3.8) is 0 Å². The zero-order valence-electron chi connectivity index (χ0n) is 11.2. The van der Waals surface area contributed by atoms with E-state index in [0.717, 1.165) is 31.4 Å². The molecule has 2 rings (SSSR count). The monoisotopic (exact) mass is 336 g/mol. The Labute approximate surface area is 129 Å². The van der Waals surface area contributed by atoms with Gasteiger partial charge in [0.2, 0.25) is 10.0 Å². The zero-order chi connectivity index (χ0) is 14.8. The summed E-state index contributed by atoms with van der Waals surface area (Å²) in [6.07, 6.45) is 3.02. The predicted molar refractivity (Wildman–Crippen MR) is 84.3 cm³/mol. The lowest BCUT2D eigenvalue weighted by molar-refractivity contribution is 0.424. The van der Waals surface area contributed by atoms with E-state index in [-0.39, 0.29) is 17.5 Å². The first kappa shape index (κ1) is 15.9. The van der Waals surface area contributed by atoms with Gasteiger partial charge in [-0.15, -0.1) is 0 Å². The number of hydrogen-bond donors (Lipinski definition) is 2. The van der Waals surface area contributed by atoms with Crippen LogP contribution in [0.2, 0.25) is 10.0 Å². The summed E-state index contributed by atoms with van der Waals surface area (Å²) in [4.78, 5) is 0. The van der Waals surface area contributed by atoms with E-state index in [1.807, 2.05) is 0 Å². The van der Waals surface area contributed by atoms with Crippen molar-refractivity contribution in [1.82, 2.24) is 5.32 Å². The first-order valence-corrected chi connectivity index (χ1v) is 8.98. The molecule has 0 amide bonds. The maximum absolute atomic E-state index is 12.2. The van der Waals surface area contributed by atoms with Gasteiger partial charge in [-0.1, -0.05) is 35.7 Å². The molecule has 2 N–H and O–H groups in total. The van der Waals surface area contributed by atoms with Crippen molar-refractivity contribution in [2.24, 2.45) is 0 Å². The van der Waals surface area contributed by atoms with E-state index in [2.05, 4.69) is 10.0 Å². The van der Waals surface area contributed by atoms with Gasteiger partial charge < -0.3 is 5.32 Å². The molecule has 1 heterocycles. The number of hydrogen-bond acceptors (Lipinski definition) is 3. The SMILES string of the molecule is Cc1ccc(Cl)c(NS(=O)(=O)CC2CCCCN2)c1Cl. The van der Waals surface area contributed by atoms with Crippen LogP contribution in [-0.4, -0.2) is 26.8 Å². The van der Waals surface area contributed by atoms with E-state index in [1.165, 1.54) is 0 Å². The minimum Gasteiger partial charge on any atom is -0.313 e. The standard InChI is InChI=1S/C13H18Cl2N2O2S/c1-9-5-6-11(14)13(12(9)15)17-20(18,19)8-10-4-2-3-7-16-10/h5-6,10,16-17H,2-4,7-8H2,1H3. The van der Waals surface area contributed by atoms with Gasteiger partial charge >= 0.3 is 0 Å². The van der Waals surface area contributed by atoms with Crippen LogP contribution in [0.15, 0.2) is 12.1 Å². The third-order valence-corrected chi connectivity index (χ3v) is 5.53. The Bertz CT molecular complexity index is 584. The van der Waals surface area contributed by atoms with Crippen molar-refractivity contribution in [2.75, 3.05) is 17.0 Å². The van der Waals surface area contributed by atoms with Crippen LogP contribution in [0.25, 0.3) is 0 Å². The summed E-state index contributed by atoms with van der Waals surface area (Å²) < 4.78 is 26.9. The Morgan fingerprint density at radius 1 is 1.35 bits per heavy atom. The third-order valence-electron chi connectivity index (χ3n) is 3.37. The molecular formula is C13H18Cl2N2O2S. The van der Waals surface area contributed by atoms with Crippen LogP contribution in [0.4, 0.5) is 5.69 Å². The zero-order valence-corrected chi connectivity index (χ0v) is 13.6. The van der Waals surface area contributed by atoms with E-state index in [1.54, 1.807) is 19.1 Å². The molecule has 1 aromatic rings. The normalized spacial score (nSPS) is 19.9. The highest BCUT2D eigenvalue weighted by molar-refractivity contribution is 7.92. The molecule has 1 atom stereocenters. The Kier molecular flexibility index (Phi) is 5.18. The highest BCUT2D eigenvalue weighted by Crippen LogP contribution is 2.33. The Morgan fingerprint density at radius 2 is 2.10 bits per heavy atom. The maximum atomic E-state index is 12.2. The molecule has 4 nitrogen and oxygen atoms in total. The summed E-state index contributed by atoms with van der Waals surface area (Å²) in [5, 5.41) is 3.87. The second kappa shape index (κ2) is 6.52. The molecule has 1 aromatic carbocycles. The molecule has 1 unspecified atom stereocenters. The molecule has 1 saturated heterocycles. The van der Waals surface area contributed by atoms with Gasteiger partial charge in [0.1, 0.15) is 0 Å². The van der Waals surface area contributed by atoms with Crippen molar-refractivity contribution >= 4 is 38.9 Å². The fraction of sp³-hybridized carbons (Fsp3) is 0.538. The lowest BCUT2D eigenvalue weighted by atomic mass is 10.1. The molecule has 7 heteroatoms. The summed E-state index contributed by atoms with van der Waals surface area (Å²) in [5.41, 5.74) is 1.05. The summed E-state index contributed by atoms with van der Waals surface area (Å²) in [6, 6.07) is 3.38. The molecule has 0 bridgehead atoms. The first-order valence-electron chi connectivity index (χ1n) is 6.57. The van der Waals surface area contributed by atoms with Gasteiger partial charge in [0.05, 0.1) is 21.5 Å². The molecule has 0 aliphatic carbocycles. The number of nitrogens with one attached hydrogen (secondary N) is 2. The van der Waals surface area contributed by atoms with Crippen molar-refractivity contribution in [2.45, 2.75) is 32.2 Å². The number of benzene rings is 1. The number of piperidine rings is 1. The summed E-state index contributed by atoms with van der Waals surface area (Å²) in [5.74, 6) is 0.0353. The number of halogens is 2. The van der Waals surface area contributed by atoms with Gasteiger partial charge in [0.25, 0.3) is 0 Å². The number of rotatable bonds is 4. The topological polar surface area (TPSA) is 58.2 Å². The molecule has 20 heavy (non-hydrogen) atoms. The van der Waals surface area contributed by atoms with E-state index in [0.29, 0.717) is 10.0 Å².